The zero-order chi connectivity index (χ0) is 16.8. The van der Waals surface area contributed by atoms with Gasteiger partial charge in [0.1, 0.15) is 0 Å². The Morgan fingerprint density at radius 2 is 1.33 bits per heavy atom. The molecule has 2 aromatic carbocycles. The third-order valence-electron chi connectivity index (χ3n) is 3.13. The van der Waals surface area contributed by atoms with Gasteiger partial charge in [0.25, 0.3) is 5.22 Å². The van der Waals surface area contributed by atoms with Crippen molar-refractivity contribution >= 4 is 46.7 Å². The fourth-order valence-electron chi connectivity index (χ4n) is 1.92. The van der Waals surface area contributed by atoms with E-state index in [-0.39, 0.29) is 0 Å². The highest BCUT2D eigenvalue weighted by Gasteiger charge is 2.07. The van der Waals surface area contributed by atoms with Gasteiger partial charge < -0.3 is 4.42 Å². The number of thioether (sulfide) groups is 2. The topological polar surface area (TPSA) is 38.9 Å². The highest BCUT2D eigenvalue weighted by Crippen LogP contribution is 2.24. The van der Waals surface area contributed by atoms with Crippen LogP contribution >= 0.6 is 46.7 Å². The first-order valence-electron chi connectivity index (χ1n) is 7.21. The van der Waals surface area contributed by atoms with Crippen LogP contribution in [-0.4, -0.2) is 10.2 Å². The van der Waals surface area contributed by atoms with Crippen LogP contribution in [0.4, 0.5) is 0 Å². The highest BCUT2D eigenvalue weighted by molar-refractivity contribution is 7.98. The van der Waals surface area contributed by atoms with Crippen LogP contribution in [0, 0.1) is 0 Å². The van der Waals surface area contributed by atoms with Crippen LogP contribution in [0.1, 0.15) is 17.0 Å². The van der Waals surface area contributed by atoms with E-state index in [4.69, 9.17) is 27.6 Å². The van der Waals surface area contributed by atoms with Crippen LogP contribution in [0.15, 0.2) is 58.2 Å². The van der Waals surface area contributed by atoms with Crippen LogP contribution in [0.25, 0.3) is 0 Å². The summed E-state index contributed by atoms with van der Waals surface area (Å²) in [4.78, 5) is 0. The van der Waals surface area contributed by atoms with Gasteiger partial charge in [0.15, 0.2) is 0 Å². The van der Waals surface area contributed by atoms with Crippen molar-refractivity contribution in [3.63, 3.8) is 0 Å². The van der Waals surface area contributed by atoms with Crippen molar-refractivity contribution in [1.29, 1.82) is 0 Å². The van der Waals surface area contributed by atoms with E-state index < -0.39 is 0 Å². The summed E-state index contributed by atoms with van der Waals surface area (Å²) in [5.41, 5.74) is 2.39. The third-order valence-corrected chi connectivity index (χ3v) is 5.51. The number of hydrogen-bond acceptors (Lipinski definition) is 5. The minimum atomic E-state index is 0.590. The van der Waals surface area contributed by atoms with E-state index in [1.807, 2.05) is 48.5 Å². The highest BCUT2D eigenvalue weighted by atomic mass is 35.5. The van der Waals surface area contributed by atoms with Gasteiger partial charge >= 0.3 is 0 Å². The van der Waals surface area contributed by atoms with Crippen molar-refractivity contribution in [2.45, 2.75) is 22.5 Å². The molecule has 0 spiro atoms. The molecule has 3 rings (SSSR count). The van der Waals surface area contributed by atoms with Crippen molar-refractivity contribution in [3.8, 4) is 0 Å². The summed E-state index contributed by atoms with van der Waals surface area (Å²) in [6, 6.07) is 15.6. The lowest BCUT2D eigenvalue weighted by molar-refractivity contribution is 0.426. The lowest BCUT2D eigenvalue weighted by Crippen LogP contribution is -1.83. The van der Waals surface area contributed by atoms with Crippen molar-refractivity contribution in [1.82, 2.24) is 10.2 Å². The Balaban J connectivity index is 1.45. The maximum Gasteiger partial charge on any atom is 0.276 e. The number of hydrogen-bond donors (Lipinski definition) is 0. The Kier molecular flexibility index (Phi) is 6.49. The first-order chi connectivity index (χ1) is 11.7. The van der Waals surface area contributed by atoms with Gasteiger partial charge in [0, 0.05) is 21.6 Å². The van der Waals surface area contributed by atoms with Crippen LogP contribution in [0.3, 0.4) is 0 Å². The molecule has 124 valence electrons. The van der Waals surface area contributed by atoms with Gasteiger partial charge in [-0.25, -0.2) is 0 Å². The molecule has 3 aromatic rings. The van der Waals surface area contributed by atoms with Gasteiger partial charge in [-0.1, -0.05) is 59.2 Å². The predicted octanol–water partition coefficient (Wildman–Crippen LogP) is 6.10. The van der Waals surface area contributed by atoms with E-state index >= 15 is 0 Å². The summed E-state index contributed by atoms with van der Waals surface area (Å²) in [6.45, 7) is 0. The number of benzene rings is 2. The largest absolute Gasteiger partial charge is 0.415 e. The molecule has 3 nitrogen and oxygen atoms in total. The quantitative estimate of drug-likeness (QED) is 0.450. The summed E-state index contributed by atoms with van der Waals surface area (Å²) in [6.07, 6.45) is 0. The molecule has 0 saturated carbocycles. The number of halogens is 2. The fourth-order valence-corrected chi connectivity index (χ4v) is 3.73. The SMILES string of the molecule is Clc1ccc(CSCc2nnc(SCc3ccc(Cl)cc3)o2)cc1. The van der Waals surface area contributed by atoms with E-state index in [1.54, 1.807) is 11.8 Å². The number of rotatable bonds is 7. The first kappa shape index (κ1) is 17.7. The summed E-state index contributed by atoms with van der Waals surface area (Å²) in [5.74, 6) is 2.99. The Morgan fingerprint density at radius 1 is 0.750 bits per heavy atom. The molecule has 0 radical (unpaired) electrons. The lowest BCUT2D eigenvalue weighted by atomic mass is 10.2. The average Bonchev–Trinajstić information content (AvgIpc) is 3.04. The minimum Gasteiger partial charge on any atom is -0.415 e. The van der Waals surface area contributed by atoms with Crippen LogP contribution in [0.5, 0.6) is 0 Å². The average molecular weight is 397 g/mol. The van der Waals surface area contributed by atoms with E-state index in [9.17, 15) is 0 Å². The Hall–Kier alpha value is -1.14. The monoisotopic (exact) mass is 396 g/mol. The van der Waals surface area contributed by atoms with Gasteiger partial charge in [-0.2, -0.15) is 0 Å². The molecule has 7 heteroatoms. The number of nitrogens with zero attached hydrogens (tertiary/aromatic N) is 2. The first-order valence-corrected chi connectivity index (χ1v) is 10.1. The van der Waals surface area contributed by atoms with E-state index in [0.29, 0.717) is 16.9 Å². The van der Waals surface area contributed by atoms with Gasteiger partial charge in [-0.15, -0.1) is 22.0 Å². The fraction of sp³-hybridized carbons (Fsp3) is 0.176. The van der Waals surface area contributed by atoms with Crippen molar-refractivity contribution < 1.29 is 4.42 Å². The molecule has 0 unspecified atom stereocenters. The maximum absolute atomic E-state index is 5.88. The molecule has 0 N–H and O–H groups in total. The molecule has 0 atom stereocenters. The van der Waals surface area contributed by atoms with Gasteiger partial charge in [-0.05, 0) is 35.4 Å². The molecule has 0 amide bonds. The van der Waals surface area contributed by atoms with Crippen molar-refractivity contribution in [3.05, 3.63) is 75.6 Å². The zero-order valence-electron chi connectivity index (χ0n) is 12.6. The van der Waals surface area contributed by atoms with E-state index in [0.717, 1.165) is 21.6 Å². The summed E-state index contributed by atoms with van der Waals surface area (Å²) < 4.78 is 5.66. The van der Waals surface area contributed by atoms with Crippen LogP contribution in [0.2, 0.25) is 10.0 Å². The van der Waals surface area contributed by atoms with Gasteiger partial charge in [0.05, 0.1) is 5.75 Å². The Bertz CT molecular complexity index is 776. The second-order valence-corrected chi connectivity index (χ2v) is 7.78. The van der Waals surface area contributed by atoms with E-state index in [1.165, 1.54) is 22.9 Å². The second kappa shape index (κ2) is 8.81. The van der Waals surface area contributed by atoms with Crippen LogP contribution in [-0.2, 0) is 17.3 Å². The minimum absolute atomic E-state index is 0.590. The molecule has 0 saturated heterocycles. The zero-order valence-corrected chi connectivity index (χ0v) is 15.8. The standard InChI is InChI=1S/C17H14Cl2N2OS2/c18-14-5-1-12(2-6-14)9-23-11-16-20-21-17(22-16)24-10-13-3-7-15(19)8-4-13/h1-8H,9-11H2. The van der Waals surface area contributed by atoms with E-state index in [2.05, 4.69) is 10.2 Å². The normalized spacial score (nSPS) is 10.9. The third kappa shape index (κ3) is 5.45. The summed E-state index contributed by atoms with van der Waals surface area (Å²) in [7, 11) is 0. The molecule has 0 aliphatic heterocycles. The van der Waals surface area contributed by atoms with Crippen LogP contribution < -0.4 is 0 Å². The molecule has 0 aliphatic rings. The molecule has 0 fully saturated rings. The molecular weight excluding hydrogens is 383 g/mol. The predicted molar refractivity (Wildman–Crippen MR) is 102 cm³/mol. The second-order valence-electron chi connectivity index (χ2n) is 5.00. The smallest absolute Gasteiger partial charge is 0.276 e. The molecule has 1 aromatic heterocycles. The molecular formula is C17H14Cl2N2OS2. The van der Waals surface area contributed by atoms with Gasteiger partial charge in [0.2, 0.25) is 5.89 Å². The Labute approximate surface area is 159 Å². The molecule has 24 heavy (non-hydrogen) atoms. The lowest BCUT2D eigenvalue weighted by Gasteiger charge is -2.00. The molecule has 0 bridgehead atoms. The number of aromatic nitrogens is 2. The molecule has 1 heterocycles. The van der Waals surface area contributed by atoms with Crippen molar-refractivity contribution in [2.75, 3.05) is 0 Å². The van der Waals surface area contributed by atoms with Crippen molar-refractivity contribution in [2.24, 2.45) is 0 Å². The summed E-state index contributed by atoms with van der Waals surface area (Å²) in [5, 5.41) is 10.2. The Morgan fingerprint density at radius 3 is 1.96 bits per heavy atom. The maximum atomic E-state index is 5.88. The van der Waals surface area contributed by atoms with Gasteiger partial charge in [-0.3, -0.25) is 0 Å². The molecule has 0 aliphatic carbocycles. The summed E-state index contributed by atoms with van der Waals surface area (Å²) >= 11 is 15.0.